The summed E-state index contributed by atoms with van der Waals surface area (Å²) in [6, 6.07) is 14.1. The fourth-order valence-electron chi connectivity index (χ4n) is 2.63. The molecule has 0 saturated heterocycles. The van der Waals surface area contributed by atoms with E-state index in [1.54, 1.807) is 5.38 Å². The Kier molecular flexibility index (Phi) is 7.16. The van der Waals surface area contributed by atoms with Gasteiger partial charge in [-0.1, -0.05) is 30.3 Å². The Morgan fingerprint density at radius 1 is 1.10 bits per heavy atom. The SMILES string of the molecule is CC(=O)Nc1ccc(S(=O)(=O)NC(C)C(=O)OCc2csc(-c3ccccc3)n2)cc1. The summed E-state index contributed by atoms with van der Waals surface area (Å²) < 4.78 is 32.5. The van der Waals surface area contributed by atoms with Gasteiger partial charge in [0.15, 0.2) is 0 Å². The minimum Gasteiger partial charge on any atom is -0.458 e. The van der Waals surface area contributed by atoms with Crippen molar-refractivity contribution in [2.24, 2.45) is 0 Å². The Morgan fingerprint density at radius 3 is 2.42 bits per heavy atom. The van der Waals surface area contributed by atoms with Crippen molar-refractivity contribution in [1.82, 2.24) is 9.71 Å². The van der Waals surface area contributed by atoms with Crippen molar-refractivity contribution in [3.8, 4) is 10.6 Å². The van der Waals surface area contributed by atoms with Crippen LogP contribution >= 0.6 is 11.3 Å². The highest BCUT2D eigenvalue weighted by molar-refractivity contribution is 7.89. The number of nitrogens with zero attached hydrogens (tertiary/aromatic N) is 1. The topological polar surface area (TPSA) is 114 Å². The largest absolute Gasteiger partial charge is 0.458 e. The second-order valence-electron chi connectivity index (χ2n) is 6.67. The zero-order valence-corrected chi connectivity index (χ0v) is 18.5. The highest BCUT2D eigenvalue weighted by Crippen LogP contribution is 2.23. The summed E-state index contributed by atoms with van der Waals surface area (Å²) in [5.41, 5.74) is 2.02. The van der Waals surface area contributed by atoms with Gasteiger partial charge in [0.25, 0.3) is 0 Å². The fraction of sp³-hybridized carbons (Fsp3) is 0.190. The van der Waals surface area contributed by atoms with Crippen LogP contribution in [0.5, 0.6) is 0 Å². The fourth-order valence-corrected chi connectivity index (χ4v) is 4.63. The molecule has 8 nitrogen and oxygen atoms in total. The van der Waals surface area contributed by atoms with E-state index in [1.807, 2.05) is 30.3 Å². The van der Waals surface area contributed by atoms with Crippen LogP contribution in [0.4, 0.5) is 5.69 Å². The van der Waals surface area contributed by atoms with E-state index in [2.05, 4.69) is 15.0 Å². The third kappa shape index (κ3) is 6.20. The van der Waals surface area contributed by atoms with Gasteiger partial charge in [-0.3, -0.25) is 9.59 Å². The molecule has 0 spiro atoms. The van der Waals surface area contributed by atoms with Crippen molar-refractivity contribution in [2.75, 3.05) is 5.32 Å². The lowest BCUT2D eigenvalue weighted by Crippen LogP contribution is -2.39. The highest BCUT2D eigenvalue weighted by Gasteiger charge is 2.23. The summed E-state index contributed by atoms with van der Waals surface area (Å²) >= 11 is 1.43. The zero-order chi connectivity index (χ0) is 22.4. The van der Waals surface area contributed by atoms with E-state index in [0.29, 0.717) is 11.4 Å². The average Bonchev–Trinajstić information content (AvgIpc) is 3.21. The summed E-state index contributed by atoms with van der Waals surface area (Å²) in [6.45, 7) is 2.70. The number of aromatic nitrogens is 1. The molecule has 0 aliphatic heterocycles. The number of rotatable bonds is 8. The molecule has 1 aromatic heterocycles. The van der Waals surface area contributed by atoms with E-state index in [0.717, 1.165) is 10.6 Å². The normalized spacial score (nSPS) is 12.2. The van der Waals surface area contributed by atoms with Crippen molar-refractivity contribution >= 4 is 38.9 Å². The summed E-state index contributed by atoms with van der Waals surface area (Å²) in [4.78, 5) is 27.7. The molecular weight excluding hydrogens is 438 g/mol. The number of anilines is 1. The molecule has 0 aliphatic carbocycles. The van der Waals surface area contributed by atoms with Crippen LogP contribution in [-0.2, 0) is 31.0 Å². The molecule has 0 aliphatic rings. The number of hydrogen-bond acceptors (Lipinski definition) is 7. The number of hydrogen-bond donors (Lipinski definition) is 2. The Balaban J connectivity index is 1.56. The quantitative estimate of drug-likeness (QED) is 0.500. The van der Waals surface area contributed by atoms with Crippen LogP contribution in [0.2, 0.25) is 0 Å². The van der Waals surface area contributed by atoms with Crippen LogP contribution in [0.1, 0.15) is 19.5 Å². The monoisotopic (exact) mass is 459 g/mol. The lowest BCUT2D eigenvalue weighted by Gasteiger charge is -2.13. The van der Waals surface area contributed by atoms with Crippen molar-refractivity contribution in [3.63, 3.8) is 0 Å². The minimum atomic E-state index is -3.94. The Bertz CT molecular complexity index is 1160. The van der Waals surface area contributed by atoms with Gasteiger partial charge >= 0.3 is 5.97 Å². The van der Waals surface area contributed by atoms with Crippen LogP contribution < -0.4 is 10.0 Å². The third-order valence-electron chi connectivity index (χ3n) is 4.11. The maximum Gasteiger partial charge on any atom is 0.324 e. The van der Waals surface area contributed by atoms with Crippen molar-refractivity contribution in [2.45, 2.75) is 31.4 Å². The van der Waals surface area contributed by atoms with Gasteiger partial charge in [-0.25, -0.2) is 13.4 Å². The standard InChI is InChI=1S/C21H21N3O5S2/c1-14(24-31(27,28)19-10-8-17(9-11-19)22-15(2)25)21(26)29-12-18-13-30-20(23-18)16-6-4-3-5-7-16/h3-11,13-14,24H,12H2,1-2H3,(H,22,25). The number of thiazole rings is 1. The molecule has 1 amide bonds. The first kappa shape index (κ1) is 22.6. The summed E-state index contributed by atoms with van der Waals surface area (Å²) in [7, 11) is -3.94. The van der Waals surface area contributed by atoms with Crippen LogP contribution in [0.25, 0.3) is 10.6 Å². The van der Waals surface area contributed by atoms with Gasteiger partial charge < -0.3 is 10.1 Å². The second-order valence-corrected chi connectivity index (χ2v) is 9.24. The number of amides is 1. The number of sulfonamides is 1. The van der Waals surface area contributed by atoms with Gasteiger partial charge in [-0.15, -0.1) is 11.3 Å². The van der Waals surface area contributed by atoms with Crippen molar-refractivity contribution in [1.29, 1.82) is 0 Å². The van der Waals surface area contributed by atoms with Crippen LogP contribution in [0.3, 0.4) is 0 Å². The molecule has 2 aromatic carbocycles. The van der Waals surface area contributed by atoms with Gasteiger partial charge in [0.05, 0.1) is 10.6 Å². The molecule has 10 heteroatoms. The van der Waals surface area contributed by atoms with E-state index in [-0.39, 0.29) is 17.4 Å². The number of esters is 1. The molecular formula is C21H21N3O5S2. The van der Waals surface area contributed by atoms with Crippen LogP contribution in [-0.4, -0.2) is 31.3 Å². The Hall–Kier alpha value is -3.08. The van der Waals surface area contributed by atoms with Crippen molar-refractivity contribution < 1.29 is 22.7 Å². The molecule has 0 saturated carbocycles. The molecule has 1 atom stereocenters. The number of carbonyl (C=O) groups is 2. The van der Waals surface area contributed by atoms with E-state index >= 15 is 0 Å². The number of benzene rings is 2. The molecule has 0 fully saturated rings. The molecule has 0 radical (unpaired) electrons. The maximum atomic E-state index is 12.5. The van der Waals surface area contributed by atoms with Gasteiger partial charge in [-0.2, -0.15) is 4.72 Å². The zero-order valence-electron chi connectivity index (χ0n) is 16.9. The maximum absolute atomic E-state index is 12.5. The highest BCUT2D eigenvalue weighted by atomic mass is 32.2. The Morgan fingerprint density at radius 2 is 1.77 bits per heavy atom. The molecule has 3 rings (SSSR count). The first-order valence-electron chi connectivity index (χ1n) is 9.31. The minimum absolute atomic E-state index is 0.0340. The van der Waals surface area contributed by atoms with Crippen LogP contribution in [0.15, 0.2) is 64.9 Å². The van der Waals surface area contributed by atoms with Crippen LogP contribution in [0, 0.1) is 0 Å². The average molecular weight is 460 g/mol. The lowest BCUT2D eigenvalue weighted by molar-refractivity contribution is -0.146. The third-order valence-corrected chi connectivity index (χ3v) is 6.60. The van der Waals surface area contributed by atoms with E-state index in [1.165, 1.54) is 49.4 Å². The molecule has 31 heavy (non-hydrogen) atoms. The molecule has 0 bridgehead atoms. The van der Waals surface area contributed by atoms with Gasteiger partial charge in [0.2, 0.25) is 15.9 Å². The van der Waals surface area contributed by atoms with E-state index in [9.17, 15) is 18.0 Å². The molecule has 3 aromatic rings. The Labute approximate surface area is 184 Å². The van der Waals surface area contributed by atoms with E-state index in [4.69, 9.17) is 4.74 Å². The van der Waals surface area contributed by atoms with E-state index < -0.39 is 22.0 Å². The predicted octanol–water partition coefficient (Wildman–Crippen LogP) is 3.18. The van der Waals surface area contributed by atoms with Gasteiger partial charge in [-0.05, 0) is 31.2 Å². The summed E-state index contributed by atoms with van der Waals surface area (Å²) in [5.74, 6) is -0.978. The molecule has 162 valence electrons. The first-order valence-corrected chi connectivity index (χ1v) is 11.7. The predicted molar refractivity (Wildman–Crippen MR) is 118 cm³/mol. The van der Waals surface area contributed by atoms with Crippen molar-refractivity contribution in [3.05, 3.63) is 65.7 Å². The molecule has 1 unspecified atom stereocenters. The molecule has 1 heterocycles. The second kappa shape index (κ2) is 9.82. The summed E-state index contributed by atoms with van der Waals surface area (Å²) in [6.07, 6.45) is 0. The number of carbonyl (C=O) groups excluding carboxylic acids is 2. The molecule has 2 N–H and O–H groups in total. The van der Waals surface area contributed by atoms with Gasteiger partial charge in [0.1, 0.15) is 17.7 Å². The summed E-state index contributed by atoms with van der Waals surface area (Å²) in [5, 5.41) is 5.15. The smallest absolute Gasteiger partial charge is 0.324 e. The lowest BCUT2D eigenvalue weighted by atomic mass is 10.2. The van der Waals surface area contributed by atoms with Gasteiger partial charge in [0, 0.05) is 23.6 Å². The number of ether oxygens (including phenoxy) is 1. The first-order chi connectivity index (χ1) is 14.7. The number of nitrogens with one attached hydrogen (secondary N) is 2.